The van der Waals surface area contributed by atoms with Crippen molar-refractivity contribution in [3.63, 3.8) is 0 Å². The molecule has 0 atom stereocenters. The number of anilines is 1. The van der Waals surface area contributed by atoms with Crippen LogP contribution in [0.4, 0.5) is 5.69 Å². The van der Waals surface area contributed by atoms with E-state index in [4.69, 9.17) is 0 Å². The smallest absolute Gasteiger partial charge is 0.0897 e. The molecule has 1 N–H and O–H groups in total. The van der Waals surface area contributed by atoms with Crippen molar-refractivity contribution >= 4 is 17.0 Å². The van der Waals surface area contributed by atoms with Gasteiger partial charge in [0.15, 0.2) is 0 Å². The molecule has 0 aliphatic heterocycles. The Morgan fingerprint density at radius 2 is 2.06 bits per heavy atom. The van der Waals surface area contributed by atoms with E-state index < -0.39 is 0 Å². The van der Waals surface area contributed by atoms with E-state index in [9.17, 15) is 0 Å². The largest absolute Gasteiger partial charge is 0.377 e. The van der Waals surface area contributed by atoms with Crippen LogP contribution in [0.2, 0.25) is 0 Å². The third kappa shape index (κ3) is 2.56. The van der Waals surface area contributed by atoms with Gasteiger partial charge < -0.3 is 5.32 Å². The third-order valence-electron chi connectivity index (χ3n) is 2.92. The zero-order chi connectivity index (χ0) is 13.3. The molecular weight excluding hydrogens is 244 g/mol. The van der Waals surface area contributed by atoms with Crippen LogP contribution in [0.5, 0.6) is 0 Å². The van der Waals surface area contributed by atoms with E-state index in [2.05, 4.69) is 40.9 Å². The van der Waals surface area contributed by atoms with Crippen molar-refractivity contribution < 1.29 is 0 Å². The van der Waals surface area contributed by atoms with Gasteiger partial charge in [0.05, 0.1) is 28.6 Å². The molecule has 0 spiro atoms. The zero-order valence-electron chi connectivity index (χ0n) is 11.6. The Balaban J connectivity index is 2.14. The van der Waals surface area contributed by atoms with Gasteiger partial charge in [0, 0.05) is 17.1 Å². The lowest BCUT2D eigenvalue weighted by Crippen LogP contribution is -2.05. The Morgan fingerprint density at radius 1 is 1.33 bits per heavy atom. The van der Waals surface area contributed by atoms with Gasteiger partial charge in [0.1, 0.15) is 0 Å². The molecule has 0 unspecified atom stereocenters. The second-order valence-corrected chi connectivity index (χ2v) is 6.10. The number of rotatable bonds is 4. The first-order valence-corrected chi connectivity index (χ1v) is 7.01. The Kier molecular flexibility index (Phi) is 3.71. The average molecular weight is 264 g/mol. The van der Waals surface area contributed by atoms with Crippen LogP contribution >= 0.6 is 11.3 Å². The highest BCUT2D eigenvalue weighted by atomic mass is 32.1. The Hall–Kier alpha value is -1.36. The summed E-state index contributed by atoms with van der Waals surface area (Å²) in [5.41, 5.74) is 3.40. The number of aromatic nitrogens is 3. The zero-order valence-corrected chi connectivity index (χ0v) is 12.4. The highest BCUT2D eigenvalue weighted by Crippen LogP contribution is 2.23. The number of hydrogen-bond donors (Lipinski definition) is 1. The van der Waals surface area contributed by atoms with E-state index in [1.165, 1.54) is 10.6 Å². The minimum absolute atomic E-state index is 0.393. The second kappa shape index (κ2) is 5.10. The predicted molar refractivity (Wildman–Crippen MR) is 76.3 cm³/mol. The molecule has 2 aromatic rings. The van der Waals surface area contributed by atoms with Gasteiger partial charge >= 0.3 is 0 Å². The van der Waals surface area contributed by atoms with Gasteiger partial charge in [-0.2, -0.15) is 5.10 Å². The van der Waals surface area contributed by atoms with Crippen molar-refractivity contribution in [2.45, 2.75) is 47.2 Å². The molecule has 0 aliphatic rings. The molecule has 0 aliphatic carbocycles. The lowest BCUT2D eigenvalue weighted by atomic mass is 10.3. The fraction of sp³-hybridized carbons (Fsp3) is 0.538. The first kappa shape index (κ1) is 13.1. The lowest BCUT2D eigenvalue weighted by molar-refractivity contribution is 0.516. The molecular formula is C13H20N4S. The van der Waals surface area contributed by atoms with E-state index >= 15 is 0 Å². The molecule has 0 amide bonds. The number of nitrogens with one attached hydrogen (secondary N) is 1. The van der Waals surface area contributed by atoms with Crippen LogP contribution in [-0.4, -0.2) is 14.8 Å². The van der Waals surface area contributed by atoms with Gasteiger partial charge in [0.25, 0.3) is 0 Å². The molecule has 0 bridgehead atoms. The van der Waals surface area contributed by atoms with E-state index in [-0.39, 0.29) is 0 Å². The number of nitrogens with zero attached hydrogens (tertiary/aromatic N) is 3. The summed E-state index contributed by atoms with van der Waals surface area (Å²) >= 11 is 1.73. The van der Waals surface area contributed by atoms with Gasteiger partial charge in [-0.15, -0.1) is 11.3 Å². The van der Waals surface area contributed by atoms with Gasteiger partial charge in [-0.3, -0.25) is 4.68 Å². The summed E-state index contributed by atoms with van der Waals surface area (Å²) < 4.78 is 2.07. The minimum atomic E-state index is 0.393. The third-order valence-corrected chi connectivity index (χ3v) is 3.84. The maximum absolute atomic E-state index is 4.57. The molecule has 0 saturated carbocycles. The first-order valence-electron chi connectivity index (χ1n) is 6.20. The van der Waals surface area contributed by atoms with E-state index in [1.807, 2.05) is 20.0 Å². The van der Waals surface area contributed by atoms with Crippen molar-refractivity contribution in [1.82, 2.24) is 14.8 Å². The molecule has 2 rings (SSSR count). The molecule has 0 radical (unpaired) electrons. The van der Waals surface area contributed by atoms with Crippen LogP contribution in [0.1, 0.15) is 41.2 Å². The van der Waals surface area contributed by atoms with Gasteiger partial charge in [-0.1, -0.05) is 0 Å². The van der Waals surface area contributed by atoms with Gasteiger partial charge in [-0.05, 0) is 34.6 Å². The summed E-state index contributed by atoms with van der Waals surface area (Å²) in [5.74, 6) is 0. The quantitative estimate of drug-likeness (QED) is 0.919. The van der Waals surface area contributed by atoms with Crippen LogP contribution in [0.15, 0.2) is 6.20 Å². The summed E-state index contributed by atoms with van der Waals surface area (Å²) in [7, 11) is 0. The lowest BCUT2D eigenvalue weighted by Gasteiger charge is -2.09. The normalized spacial score (nSPS) is 11.2. The molecule has 0 aromatic carbocycles. The maximum atomic E-state index is 4.57. The van der Waals surface area contributed by atoms with Crippen LogP contribution < -0.4 is 5.32 Å². The SMILES string of the molecule is Cc1ncc(CNc2c(C)nn(C(C)C)c2C)s1. The summed E-state index contributed by atoms with van der Waals surface area (Å²) in [6.07, 6.45) is 1.94. The van der Waals surface area contributed by atoms with Crippen molar-refractivity contribution in [3.8, 4) is 0 Å². The predicted octanol–water partition coefficient (Wildman–Crippen LogP) is 3.46. The van der Waals surface area contributed by atoms with Crippen LogP contribution in [-0.2, 0) is 6.54 Å². The van der Waals surface area contributed by atoms with Crippen LogP contribution in [0.3, 0.4) is 0 Å². The fourth-order valence-electron chi connectivity index (χ4n) is 2.08. The van der Waals surface area contributed by atoms with Gasteiger partial charge in [0.2, 0.25) is 0 Å². The fourth-order valence-corrected chi connectivity index (χ4v) is 2.82. The number of thiazole rings is 1. The van der Waals surface area contributed by atoms with E-state index in [0.29, 0.717) is 6.04 Å². The molecule has 5 heteroatoms. The summed E-state index contributed by atoms with van der Waals surface area (Å²) in [6.45, 7) is 11.3. The Labute approximate surface area is 112 Å². The topological polar surface area (TPSA) is 42.7 Å². The van der Waals surface area contributed by atoms with E-state index in [1.54, 1.807) is 11.3 Å². The van der Waals surface area contributed by atoms with Crippen molar-refractivity contribution in [3.05, 3.63) is 27.5 Å². The minimum Gasteiger partial charge on any atom is -0.377 e. The van der Waals surface area contributed by atoms with E-state index in [0.717, 1.165) is 22.9 Å². The molecule has 18 heavy (non-hydrogen) atoms. The highest BCUT2D eigenvalue weighted by Gasteiger charge is 2.13. The molecule has 2 aromatic heterocycles. The Morgan fingerprint density at radius 3 is 2.56 bits per heavy atom. The molecule has 0 saturated heterocycles. The van der Waals surface area contributed by atoms with Crippen molar-refractivity contribution in [2.24, 2.45) is 0 Å². The molecule has 98 valence electrons. The summed E-state index contributed by atoms with van der Waals surface area (Å²) in [6, 6.07) is 0.393. The summed E-state index contributed by atoms with van der Waals surface area (Å²) in [4.78, 5) is 5.52. The number of aryl methyl sites for hydroxylation is 2. The van der Waals surface area contributed by atoms with Gasteiger partial charge in [-0.25, -0.2) is 4.98 Å². The standard InChI is InChI=1S/C13H20N4S/c1-8(2)17-10(4)13(9(3)16-17)15-7-12-6-14-11(5)18-12/h6,8,15H,7H2,1-5H3. The first-order chi connectivity index (χ1) is 8.49. The summed E-state index contributed by atoms with van der Waals surface area (Å²) in [5, 5.41) is 9.15. The highest BCUT2D eigenvalue weighted by molar-refractivity contribution is 7.11. The Bertz CT molecular complexity index is 539. The van der Waals surface area contributed by atoms with Crippen LogP contribution in [0.25, 0.3) is 0 Å². The second-order valence-electron chi connectivity index (χ2n) is 4.78. The molecule has 2 heterocycles. The maximum Gasteiger partial charge on any atom is 0.0897 e. The van der Waals surface area contributed by atoms with Crippen LogP contribution in [0, 0.1) is 20.8 Å². The average Bonchev–Trinajstić information content (AvgIpc) is 2.82. The van der Waals surface area contributed by atoms with Crippen molar-refractivity contribution in [2.75, 3.05) is 5.32 Å². The monoisotopic (exact) mass is 264 g/mol. The molecule has 4 nitrogen and oxygen atoms in total. The number of hydrogen-bond acceptors (Lipinski definition) is 4. The molecule has 0 fully saturated rings. The van der Waals surface area contributed by atoms with Crippen molar-refractivity contribution in [1.29, 1.82) is 0 Å².